The predicted octanol–water partition coefficient (Wildman–Crippen LogP) is 9.87. The maximum Gasteiger partial charge on any atom is -0.0241 e. The van der Waals surface area contributed by atoms with Crippen LogP contribution in [0.1, 0.15) is 129 Å². The summed E-state index contributed by atoms with van der Waals surface area (Å²) in [6, 6.07) is 0. The van der Waals surface area contributed by atoms with Crippen LogP contribution in [0.4, 0.5) is 0 Å². The molecule has 0 N–H and O–H groups in total. The van der Waals surface area contributed by atoms with E-state index in [1.165, 1.54) is 38.5 Å². The van der Waals surface area contributed by atoms with Crippen molar-refractivity contribution in [3.05, 3.63) is 0 Å². The molecule has 0 aromatic heterocycles. The number of hydrogen-bond acceptors (Lipinski definition) is 0. The van der Waals surface area contributed by atoms with Gasteiger partial charge in [0.15, 0.2) is 0 Å². The van der Waals surface area contributed by atoms with Crippen LogP contribution in [0.15, 0.2) is 0 Å². The zero-order valence-electron chi connectivity index (χ0n) is 22.3. The van der Waals surface area contributed by atoms with Crippen molar-refractivity contribution in [2.75, 3.05) is 0 Å². The summed E-state index contributed by atoms with van der Waals surface area (Å²) in [6.45, 7) is 32.3. The maximum absolute atomic E-state index is 2.69. The van der Waals surface area contributed by atoms with Crippen LogP contribution >= 0.6 is 0 Å². The fraction of sp³-hybridized carbons (Fsp3) is 1.00. The third kappa shape index (κ3) is 7.68. The summed E-state index contributed by atoms with van der Waals surface area (Å²) in [5, 5.41) is 0. The molecule has 170 valence electrons. The molecule has 0 aromatic carbocycles. The topological polar surface area (TPSA) is 0 Å². The Morgan fingerprint density at radius 3 is 1.54 bits per heavy atom. The van der Waals surface area contributed by atoms with E-state index in [0.717, 1.165) is 41.4 Å². The van der Waals surface area contributed by atoms with Crippen molar-refractivity contribution in [1.29, 1.82) is 0 Å². The molecule has 0 spiro atoms. The maximum atomic E-state index is 2.69. The van der Waals surface area contributed by atoms with Crippen molar-refractivity contribution >= 4 is 0 Å². The van der Waals surface area contributed by atoms with Crippen LogP contribution in [-0.2, 0) is 0 Å². The molecule has 0 aliphatic heterocycles. The minimum atomic E-state index is 0.402. The van der Waals surface area contributed by atoms with Gasteiger partial charge in [0.05, 0.1) is 0 Å². The smallest absolute Gasteiger partial charge is 0.0241 e. The summed E-state index contributed by atoms with van der Waals surface area (Å²) in [4.78, 5) is 0. The second-order valence-electron chi connectivity index (χ2n) is 12.2. The van der Waals surface area contributed by atoms with E-state index in [1.54, 1.807) is 0 Å². The molecule has 0 aromatic rings. The minimum absolute atomic E-state index is 0.402. The summed E-state index contributed by atoms with van der Waals surface area (Å²) in [5.41, 5.74) is 0.809. The van der Waals surface area contributed by atoms with E-state index in [4.69, 9.17) is 0 Å². The molecular weight excluding hydrogens is 336 g/mol. The molecule has 0 aliphatic carbocycles. The van der Waals surface area contributed by atoms with E-state index in [2.05, 4.69) is 90.0 Å². The molecule has 0 saturated carbocycles. The minimum Gasteiger partial charge on any atom is -0.0651 e. The molecule has 0 heteroatoms. The first kappa shape index (κ1) is 28.0. The van der Waals surface area contributed by atoms with Crippen LogP contribution in [0.5, 0.6) is 0 Å². The SMILES string of the molecule is CCC(C)C(CC)C(C)(C(C)CC(C)(C)C)C(C)C(CC)C(C)CCC(C)C. The lowest BCUT2D eigenvalue weighted by Crippen LogP contribution is -2.47. The van der Waals surface area contributed by atoms with Crippen molar-refractivity contribution in [2.45, 2.75) is 129 Å². The lowest BCUT2D eigenvalue weighted by atomic mass is 9.52. The van der Waals surface area contributed by atoms with Crippen LogP contribution in [0.25, 0.3) is 0 Å². The van der Waals surface area contributed by atoms with Gasteiger partial charge in [0.1, 0.15) is 0 Å². The Kier molecular flexibility index (Phi) is 12.0. The standard InChI is InChI=1S/C28H58/c1-14-21(6)26(16-3)28(13,23(8)19-27(10,11)12)24(9)25(15-2)22(7)18-17-20(4)5/h20-26H,14-19H2,1-13H3. The molecule has 0 nitrogen and oxygen atoms in total. The number of rotatable bonds is 13. The average molecular weight is 395 g/mol. The zero-order valence-corrected chi connectivity index (χ0v) is 22.3. The molecule has 7 atom stereocenters. The van der Waals surface area contributed by atoms with Crippen LogP contribution in [-0.4, -0.2) is 0 Å². The predicted molar refractivity (Wildman–Crippen MR) is 131 cm³/mol. The highest BCUT2D eigenvalue weighted by molar-refractivity contribution is 4.96. The van der Waals surface area contributed by atoms with Crippen LogP contribution in [0, 0.1) is 52.3 Å². The van der Waals surface area contributed by atoms with Crippen LogP contribution in [0.3, 0.4) is 0 Å². The Labute approximate surface area is 181 Å². The van der Waals surface area contributed by atoms with E-state index >= 15 is 0 Å². The Bertz CT molecular complexity index is 401. The second-order valence-corrected chi connectivity index (χ2v) is 12.2. The first-order valence-electron chi connectivity index (χ1n) is 12.8. The monoisotopic (exact) mass is 394 g/mol. The highest BCUT2D eigenvalue weighted by Gasteiger charge is 2.47. The highest BCUT2D eigenvalue weighted by Crippen LogP contribution is 2.54. The first-order chi connectivity index (χ1) is 12.8. The Morgan fingerprint density at radius 2 is 1.18 bits per heavy atom. The second kappa shape index (κ2) is 12.0. The van der Waals surface area contributed by atoms with E-state index < -0.39 is 0 Å². The van der Waals surface area contributed by atoms with Gasteiger partial charge in [-0.2, -0.15) is 0 Å². The van der Waals surface area contributed by atoms with E-state index in [1.807, 2.05) is 0 Å². The highest BCUT2D eigenvalue weighted by atomic mass is 14.5. The molecule has 0 bridgehead atoms. The van der Waals surface area contributed by atoms with Crippen molar-refractivity contribution < 1.29 is 0 Å². The molecule has 0 fully saturated rings. The molecule has 28 heavy (non-hydrogen) atoms. The Hall–Kier alpha value is 0. The van der Waals surface area contributed by atoms with Gasteiger partial charge in [-0.15, -0.1) is 0 Å². The normalized spacial score (nSPS) is 21.6. The Morgan fingerprint density at radius 1 is 0.643 bits per heavy atom. The zero-order chi connectivity index (χ0) is 22.3. The first-order valence-corrected chi connectivity index (χ1v) is 12.8. The van der Waals surface area contributed by atoms with Gasteiger partial charge < -0.3 is 0 Å². The van der Waals surface area contributed by atoms with Crippen molar-refractivity contribution in [1.82, 2.24) is 0 Å². The molecular formula is C28H58. The fourth-order valence-corrected chi connectivity index (χ4v) is 6.55. The summed E-state index contributed by atoms with van der Waals surface area (Å²) in [5.74, 6) is 5.65. The molecule has 0 radical (unpaired) electrons. The van der Waals surface area contributed by atoms with Gasteiger partial charge in [0, 0.05) is 0 Å². The van der Waals surface area contributed by atoms with Gasteiger partial charge in [-0.3, -0.25) is 0 Å². The van der Waals surface area contributed by atoms with Gasteiger partial charge in [0.25, 0.3) is 0 Å². The van der Waals surface area contributed by atoms with Gasteiger partial charge in [0.2, 0.25) is 0 Å². The average Bonchev–Trinajstić information content (AvgIpc) is 2.58. The van der Waals surface area contributed by atoms with Crippen molar-refractivity contribution in [3.63, 3.8) is 0 Å². The summed E-state index contributed by atoms with van der Waals surface area (Å²) in [6.07, 6.45) is 8.06. The van der Waals surface area contributed by atoms with Crippen molar-refractivity contribution in [2.24, 2.45) is 52.3 Å². The summed E-state index contributed by atoms with van der Waals surface area (Å²) >= 11 is 0. The van der Waals surface area contributed by atoms with Crippen LogP contribution in [0.2, 0.25) is 0 Å². The molecule has 0 rings (SSSR count). The lowest BCUT2D eigenvalue weighted by Gasteiger charge is -2.53. The third-order valence-corrected chi connectivity index (χ3v) is 8.58. The van der Waals surface area contributed by atoms with Gasteiger partial charge >= 0.3 is 0 Å². The van der Waals surface area contributed by atoms with Crippen LogP contribution < -0.4 is 0 Å². The third-order valence-electron chi connectivity index (χ3n) is 8.58. The lowest BCUT2D eigenvalue weighted by molar-refractivity contribution is -0.0484. The van der Waals surface area contributed by atoms with Gasteiger partial charge in [-0.25, -0.2) is 0 Å². The molecule has 7 unspecified atom stereocenters. The quantitative estimate of drug-likeness (QED) is 0.291. The van der Waals surface area contributed by atoms with E-state index in [9.17, 15) is 0 Å². The van der Waals surface area contributed by atoms with E-state index in [-0.39, 0.29) is 0 Å². The van der Waals surface area contributed by atoms with Gasteiger partial charge in [-0.1, -0.05) is 122 Å². The van der Waals surface area contributed by atoms with Crippen molar-refractivity contribution in [3.8, 4) is 0 Å². The largest absolute Gasteiger partial charge is 0.0651 e. The number of hydrogen-bond donors (Lipinski definition) is 0. The molecule has 0 aliphatic rings. The Balaban J connectivity index is 5.97. The fourth-order valence-electron chi connectivity index (χ4n) is 6.55. The summed E-state index contributed by atoms with van der Waals surface area (Å²) in [7, 11) is 0. The van der Waals surface area contributed by atoms with E-state index in [0.29, 0.717) is 10.8 Å². The molecule has 0 heterocycles. The van der Waals surface area contributed by atoms with Gasteiger partial charge in [-0.05, 0) is 58.7 Å². The molecule has 0 saturated heterocycles. The summed E-state index contributed by atoms with van der Waals surface area (Å²) < 4.78 is 0. The molecule has 0 amide bonds.